The highest BCUT2D eigenvalue weighted by molar-refractivity contribution is 6.31. The van der Waals surface area contributed by atoms with E-state index >= 15 is 0 Å². The van der Waals surface area contributed by atoms with Gasteiger partial charge in [0.05, 0.1) is 17.4 Å². The fourth-order valence-electron chi connectivity index (χ4n) is 1.35. The summed E-state index contributed by atoms with van der Waals surface area (Å²) in [5, 5.41) is 0.713. The first kappa shape index (κ1) is 14.5. The standard InChI is InChI=1S/C9H10ClN3.2ClH/c10-7-1-2-9-8(5-7)12-6-13(9)4-3-11;;/h1-2,5-6H,3-4,11H2;2*1H. The first-order chi connectivity index (χ1) is 6.31. The number of fused-ring (bicyclic) bond motifs is 1. The number of nitrogens with two attached hydrogens (primary N) is 1. The molecule has 0 radical (unpaired) electrons. The Morgan fingerprint density at radius 2 is 2.07 bits per heavy atom. The summed E-state index contributed by atoms with van der Waals surface area (Å²) in [5.74, 6) is 0. The lowest BCUT2D eigenvalue weighted by Crippen LogP contribution is -2.08. The molecule has 0 atom stereocenters. The molecule has 6 heteroatoms. The molecule has 0 aliphatic heterocycles. The molecule has 0 aliphatic carbocycles. The van der Waals surface area contributed by atoms with E-state index in [1.807, 2.05) is 22.8 Å². The van der Waals surface area contributed by atoms with E-state index in [2.05, 4.69) is 4.98 Å². The molecule has 0 spiro atoms. The van der Waals surface area contributed by atoms with Crippen LogP contribution in [0, 0.1) is 0 Å². The minimum Gasteiger partial charge on any atom is -0.329 e. The third-order valence-electron chi connectivity index (χ3n) is 1.95. The van der Waals surface area contributed by atoms with Gasteiger partial charge >= 0.3 is 0 Å². The molecule has 0 amide bonds. The Hall–Kier alpha value is -0.480. The van der Waals surface area contributed by atoms with Gasteiger partial charge < -0.3 is 10.3 Å². The second-order valence-corrected chi connectivity index (χ2v) is 3.30. The van der Waals surface area contributed by atoms with Crippen LogP contribution in [0.3, 0.4) is 0 Å². The maximum absolute atomic E-state index is 5.83. The van der Waals surface area contributed by atoms with E-state index in [-0.39, 0.29) is 24.8 Å². The van der Waals surface area contributed by atoms with Gasteiger partial charge in [0.25, 0.3) is 0 Å². The quantitative estimate of drug-likeness (QED) is 0.909. The molecular formula is C9H12Cl3N3. The molecule has 2 N–H and O–H groups in total. The van der Waals surface area contributed by atoms with Crippen LogP contribution in [0.2, 0.25) is 5.02 Å². The summed E-state index contributed by atoms with van der Waals surface area (Å²) >= 11 is 5.83. The number of nitrogens with zero attached hydrogens (tertiary/aromatic N) is 2. The molecule has 3 nitrogen and oxygen atoms in total. The molecule has 2 aromatic rings. The summed E-state index contributed by atoms with van der Waals surface area (Å²) in [7, 11) is 0. The van der Waals surface area contributed by atoms with Crippen molar-refractivity contribution >= 4 is 47.4 Å². The van der Waals surface area contributed by atoms with Crippen LogP contribution >= 0.6 is 36.4 Å². The molecule has 0 aliphatic rings. The Kier molecular flexibility index (Phi) is 5.98. The first-order valence-electron chi connectivity index (χ1n) is 4.12. The van der Waals surface area contributed by atoms with Gasteiger partial charge in [0.15, 0.2) is 0 Å². The van der Waals surface area contributed by atoms with E-state index in [0.717, 1.165) is 17.6 Å². The van der Waals surface area contributed by atoms with Gasteiger partial charge in [-0.2, -0.15) is 0 Å². The van der Waals surface area contributed by atoms with E-state index in [9.17, 15) is 0 Å². The third-order valence-corrected chi connectivity index (χ3v) is 2.19. The van der Waals surface area contributed by atoms with E-state index in [1.165, 1.54) is 0 Å². The zero-order valence-electron chi connectivity index (χ0n) is 7.89. The fraction of sp³-hybridized carbons (Fsp3) is 0.222. The summed E-state index contributed by atoms with van der Waals surface area (Å²) < 4.78 is 2.02. The van der Waals surface area contributed by atoms with Crippen molar-refractivity contribution in [2.75, 3.05) is 6.54 Å². The maximum atomic E-state index is 5.83. The van der Waals surface area contributed by atoms with Crippen molar-refractivity contribution < 1.29 is 0 Å². The van der Waals surface area contributed by atoms with Crippen molar-refractivity contribution in [3.63, 3.8) is 0 Å². The normalized spacial score (nSPS) is 9.47. The number of benzene rings is 1. The van der Waals surface area contributed by atoms with Crippen molar-refractivity contribution in [1.82, 2.24) is 9.55 Å². The molecule has 0 unspecified atom stereocenters. The molecule has 0 saturated carbocycles. The predicted octanol–water partition coefficient (Wildman–Crippen LogP) is 2.49. The number of hydrogen-bond donors (Lipinski definition) is 1. The van der Waals surface area contributed by atoms with Gasteiger partial charge in [-0.1, -0.05) is 11.6 Å². The van der Waals surface area contributed by atoms with Crippen LogP contribution in [-0.4, -0.2) is 16.1 Å². The Bertz CT molecular complexity index is 427. The molecular weight excluding hydrogens is 256 g/mol. The molecule has 0 bridgehead atoms. The molecule has 0 fully saturated rings. The van der Waals surface area contributed by atoms with Gasteiger partial charge in [-0.3, -0.25) is 0 Å². The molecule has 0 saturated heterocycles. The van der Waals surface area contributed by atoms with Crippen molar-refractivity contribution in [1.29, 1.82) is 0 Å². The van der Waals surface area contributed by atoms with E-state index in [1.54, 1.807) is 6.33 Å². The van der Waals surface area contributed by atoms with Crippen molar-refractivity contribution in [2.45, 2.75) is 6.54 Å². The number of imidazole rings is 1. The highest BCUT2D eigenvalue weighted by Gasteiger charge is 2.01. The van der Waals surface area contributed by atoms with Crippen LogP contribution < -0.4 is 5.73 Å². The second-order valence-electron chi connectivity index (χ2n) is 2.86. The van der Waals surface area contributed by atoms with Crippen LogP contribution in [0.1, 0.15) is 0 Å². The van der Waals surface area contributed by atoms with Crippen LogP contribution in [0.15, 0.2) is 24.5 Å². The Morgan fingerprint density at radius 3 is 2.73 bits per heavy atom. The molecule has 1 aromatic carbocycles. The van der Waals surface area contributed by atoms with Crippen LogP contribution in [0.5, 0.6) is 0 Å². The Balaban J connectivity index is 0.000000980. The summed E-state index contributed by atoms with van der Waals surface area (Å²) in [6.45, 7) is 1.41. The van der Waals surface area contributed by atoms with Gasteiger partial charge in [0, 0.05) is 18.1 Å². The summed E-state index contributed by atoms with van der Waals surface area (Å²) in [6.07, 6.45) is 1.79. The SMILES string of the molecule is Cl.Cl.NCCn1cnc2cc(Cl)ccc21. The lowest BCUT2D eigenvalue weighted by Gasteiger charge is -2.00. The average molecular weight is 269 g/mol. The largest absolute Gasteiger partial charge is 0.329 e. The highest BCUT2D eigenvalue weighted by atomic mass is 35.5. The number of hydrogen-bond acceptors (Lipinski definition) is 2. The molecule has 84 valence electrons. The minimum absolute atomic E-state index is 0. The van der Waals surface area contributed by atoms with Crippen LogP contribution in [0.4, 0.5) is 0 Å². The number of aromatic nitrogens is 2. The van der Waals surface area contributed by atoms with E-state index in [4.69, 9.17) is 17.3 Å². The summed E-state index contributed by atoms with van der Waals surface area (Å²) in [4.78, 5) is 4.22. The van der Waals surface area contributed by atoms with Gasteiger partial charge in [0.1, 0.15) is 0 Å². The van der Waals surface area contributed by atoms with E-state index < -0.39 is 0 Å². The first-order valence-corrected chi connectivity index (χ1v) is 4.49. The van der Waals surface area contributed by atoms with Gasteiger partial charge in [-0.15, -0.1) is 24.8 Å². The number of rotatable bonds is 2. The topological polar surface area (TPSA) is 43.8 Å². The Labute approximate surface area is 105 Å². The zero-order valence-corrected chi connectivity index (χ0v) is 10.3. The lowest BCUT2D eigenvalue weighted by atomic mass is 10.3. The summed E-state index contributed by atoms with van der Waals surface area (Å²) in [5.41, 5.74) is 7.46. The number of halogens is 3. The summed E-state index contributed by atoms with van der Waals surface area (Å²) in [6, 6.07) is 5.67. The third kappa shape index (κ3) is 2.98. The van der Waals surface area contributed by atoms with Gasteiger partial charge in [-0.05, 0) is 18.2 Å². The fourth-order valence-corrected chi connectivity index (χ4v) is 1.52. The van der Waals surface area contributed by atoms with Crippen molar-refractivity contribution in [3.05, 3.63) is 29.5 Å². The lowest BCUT2D eigenvalue weighted by molar-refractivity contribution is 0.728. The van der Waals surface area contributed by atoms with E-state index in [0.29, 0.717) is 11.6 Å². The maximum Gasteiger partial charge on any atom is 0.0958 e. The predicted molar refractivity (Wildman–Crippen MR) is 68.3 cm³/mol. The van der Waals surface area contributed by atoms with Gasteiger partial charge in [0.2, 0.25) is 0 Å². The molecule has 1 aromatic heterocycles. The van der Waals surface area contributed by atoms with Crippen molar-refractivity contribution in [2.24, 2.45) is 5.73 Å². The highest BCUT2D eigenvalue weighted by Crippen LogP contribution is 2.17. The minimum atomic E-state index is 0. The van der Waals surface area contributed by atoms with Crippen LogP contribution in [0.25, 0.3) is 11.0 Å². The molecule has 2 rings (SSSR count). The smallest absolute Gasteiger partial charge is 0.0958 e. The van der Waals surface area contributed by atoms with Gasteiger partial charge in [-0.25, -0.2) is 4.98 Å². The molecule has 1 heterocycles. The monoisotopic (exact) mass is 267 g/mol. The zero-order chi connectivity index (χ0) is 9.26. The van der Waals surface area contributed by atoms with Crippen LogP contribution in [-0.2, 0) is 6.54 Å². The second kappa shape index (κ2) is 6.18. The Morgan fingerprint density at radius 1 is 1.33 bits per heavy atom. The van der Waals surface area contributed by atoms with Crippen molar-refractivity contribution in [3.8, 4) is 0 Å². The average Bonchev–Trinajstić information content (AvgIpc) is 2.49. The molecule has 15 heavy (non-hydrogen) atoms.